The number of carbonyl (C=O) groups excluding carboxylic acids is 1. The molecule has 1 aromatic heterocycles. The summed E-state index contributed by atoms with van der Waals surface area (Å²) in [6.07, 6.45) is 2.30. The molecule has 2 aromatic rings. The third kappa shape index (κ3) is 2.20. The number of rotatable bonds is 2. The fourth-order valence-corrected chi connectivity index (χ4v) is 2.72. The Labute approximate surface area is 122 Å². The first-order valence-corrected chi connectivity index (χ1v) is 7.10. The number of hydrogen-bond acceptors (Lipinski definition) is 3. The quantitative estimate of drug-likeness (QED) is 0.799. The van der Waals surface area contributed by atoms with Gasteiger partial charge in [-0.05, 0) is 18.6 Å². The van der Waals surface area contributed by atoms with Crippen LogP contribution >= 0.6 is 11.6 Å². The van der Waals surface area contributed by atoms with Crippen molar-refractivity contribution in [1.29, 1.82) is 0 Å². The third-order valence-electron chi connectivity index (χ3n) is 3.50. The van der Waals surface area contributed by atoms with E-state index in [-0.39, 0.29) is 12.0 Å². The Bertz CT molecular complexity index is 659. The second kappa shape index (κ2) is 5.29. The van der Waals surface area contributed by atoms with Crippen LogP contribution < -0.4 is 4.74 Å². The van der Waals surface area contributed by atoms with E-state index in [2.05, 4.69) is 4.98 Å². The summed E-state index contributed by atoms with van der Waals surface area (Å²) in [7, 11) is 1.78. The van der Waals surface area contributed by atoms with Crippen LogP contribution in [0.2, 0.25) is 0 Å². The van der Waals surface area contributed by atoms with E-state index in [1.165, 1.54) is 0 Å². The van der Waals surface area contributed by atoms with Crippen molar-refractivity contribution in [1.82, 2.24) is 9.88 Å². The Kier molecular flexibility index (Phi) is 3.49. The van der Waals surface area contributed by atoms with Gasteiger partial charge in [0.15, 0.2) is 5.75 Å². The largest absolute Gasteiger partial charge is 0.485 e. The highest BCUT2D eigenvalue weighted by Gasteiger charge is 2.28. The summed E-state index contributed by atoms with van der Waals surface area (Å²) in [6, 6.07) is 7.54. The predicted molar refractivity (Wildman–Crippen MR) is 78.5 cm³/mol. The number of halogens is 1. The van der Waals surface area contributed by atoms with E-state index in [0.717, 1.165) is 10.9 Å². The number of ether oxygens (including phenoxy) is 1. The number of nitrogens with zero attached hydrogens (tertiary/aromatic N) is 2. The highest BCUT2D eigenvalue weighted by Crippen LogP contribution is 2.32. The molecular weight excluding hydrogens is 276 g/mol. The summed E-state index contributed by atoms with van der Waals surface area (Å²) >= 11 is 5.82. The van der Waals surface area contributed by atoms with Crippen molar-refractivity contribution >= 4 is 28.4 Å². The molecule has 5 heteroatoms. The van der Waals surface area contributed by atoms with Crippen LogP contribution in [-0.2, 0) is 0 Å². The monoisotopic (exact) mass is 290 g/mol. The van der Waals surface area contributed by atoms with Crippen LogP contribution in [0.5, 0.6) is 5.75 Å². The van der Waals surface area contributed by atoms with Crippen molar-refractivity contribution in [2.24, 2.45) is 0 Å². The zero-order valence-corrected chi connectivity index (χ0v) is 11.9. The molecule has 0 bridgehead atoms. The van der Waals surface area contributed by atoms with Gasteiger partial charge in [0, 0.05) is 24.5 Å². The van der Waals surface area contributed by atoms with E-state index in [4.69, 9.17) is 16.3 Å². The van der Waals surface area contributed by atoms with E-state index in [0.29, 0.717) is 30.2 Å². The summed E-state index contributed by atoms with van der Waals surface area (Å²) in [5, 5.41) is 0.966. The summed E-state index contributed by atoms with van der Waals surface area (Å²) in [6.45, 7) is 0.536. The SMILES string of the molecule is CN1CC(CCCl)Oc2c(ccc3cccnc23)C1=O. The normalized spacial score (nSPS) is 18.6. The van der Waals surface area contributed by atoms with Crippen LogP contribution in [0.4, 0.5) is 0 Å². The molecule has 0 radical (unpaired) electrons. The van der Waals surface area contributed by atoms with Crippen molar-refractivity contribution in [2.45, 2.75) is 12.5 Å². The molecule has 3 rings (SSSR count). The van der Waals surface area contributed by atoms with Crippen molar-refractivity contribution in [2.75, 3.05) is 19.5 Å². The number of pyridine rings is 1. The molecule has 0 aliphatic carbocycles. The molecule has 1 aliphatic heterocycles. The Morgan fingerprint density at radius 3 is 3.10 bits per heavy atom. The van der Waals surface area contributed by atoms with E-state index < -0.39 is 0 Å². The van der Waals surface area contributed by atoms with Gasteiger partial charge < -0.3 is 9.64 Å². The first-order chi connectivity index (χ1) is 9.70. The molecule has 0 N–H and O–H groups in total. The van der Waals surface area contributed by atoms with Crippen molar-refractivity contribution in [3.63, 3.8) is 0 Å². The smallest absolute Gasteiger partial charge is 0.257 e. The van der Waals surface area contributed by atoms with Gasteiger partial charge in [-0.25, -0.2) is 0 Å². The second-order valence-corrected chi connectivity index (χ2v) is 5.30. The first-order valence-electron chi connectivity index (χ1n) is 6.56. The molecule has 0 fully saturated rings. The van der Waals surface area contributed by atoms with Crippen LogP contribution in [-0.4, -0.2) is 41.4 Å². The molecule has 1 amide bonds. The molecule has 0 spiro atoms. The fraction of sp³-hybridized carbons (Fsp3) is 0.333. The lowest BCUT2D eigenvalue weighted by Gasteiger charge is -2.19. The van der Waals surface area contributed by atoms with Gasteiger partial charge in [0.25, 0.3) is 5.91 Å². The molecule has 1 aliphatic rings. The molecule has 2 heterocycles. The predicted octanol–water partition coefficient (Wildman–Crippen LogP) is 2.70. The summed E-state index contributed by atoms with van der Waals surface area (Å²) in [5.74, 6) is 1.04. The number of carbonyl (C=O) groups is 1. The van der Waals surface area contributed by atoms with Crippen LogP contribution in [0.3, 0.4) is 0 Å². The van der Waals surface area contributed by atoms with Gasteiger partial charge >= 0.3 is 0 Å². The fourth-order valence-electron chi connectivity index (χ4n) is 2.48. The average Bonchev–Trinajstić information content (AvgIpc) is 2.58. The number of likely N-dealkylation sites (N-methyl/N-ethyl adjacent to an activating group) is 1. The van der Waals surface area contributed by atoms with Gasteiger partial charge in [-0.3, -0.25) is 9.78 Å². The molecule has 20 heavy (non-hydrogen) atoms. The number of fused-ring (bicyclic) bond motifs is 3. The maximum absolute atomic E-state index is 12.4. The molecule has 0 saturated carbocycles. The van der Waals surface area contributed by atoms with Gasteiger partial charge in [0.1, 0.15) is 11.6 Å². The maximum atomic E-state index is 12.4. The summed E-state index contributed by atoms with van der Waals surface area (Å²) in [4.78, 5) is 18.5. The number of hydrogen-bond donors (Lipinski definition) is 0. The molecule has 1 unspecified atom stereocenters. The van der Waals surface area contributed by atoms with Gasteiger partial charge in [0.05, 0.1) is 12.1 Å². The minimum atomic E-state index is -0.102. The lowest BCUT2D eigenvalue weighted by atomic mass is 10.1. The summed E-state index contributed by atoms with van der Waals surface area (Å²) < 4.78 is 6.04. The van der Waals surface area contributed by atoms with Gasteiger partial charge in [-0.15, -0.1) is 11.6 Å². The molecule has 104 valence electrons. The Hall–Kier alpha value is -1.81. The Morgan fingerprint density at radius 1 is 1.45 bits per heavy atom. The average molecular weight is 291 g/mol. The van der Waals surface area contributed by atoms with Crippen LogP contribution in [0.15, 0.2) is 30.5 Å². The van der Waals surface area contributed by atoms with E-state index >= 15 is 0 Å². The lowest BCUT2D eigenvalue weighted by molar-refractivity contribution is 0.0759. The van der Waals surface area contributed by atoms with Gasteiger partial charge in [-0.2, -0.15) is 0 Å². The van der Waals surface area contributed by atoms with Crippen molar-refractivity contribution in [3.05, 3.63) is 36.0 Å². The zero-order chi connectivity index (χ0) is 14.1. The molecule has 0 saturated heterocycles. The molecule has 1 atom stereocenters. The molecule has 4 nitrogen and oxygen atoms in total. The summed E-state index contributed by atoms with van der Waals surface area (Å²) in [5.41, 5.74) is 1.30. The Balaban J connectivity index is 2.17. The van der Waals surface area contributed by atoms with Crippen LogP contribution in [0.25, 0.3) is 10.9 Å². The highest BCUT2D eigenvalue weighted by atomic mass is 35.5. The minimum Gasteiger partial charge on any atom is -0.485 e. The van der Waals surface area contributed by atoms with Crippen LogP contribution in [0, 0.1) is 0 Å². The first kappa shape index (κ1) is 13.2. The zero-order valence-electron chi connectivity index (χ0n) is 11.2. The van der Waals surface area contributed by atoms with Crippen LogP contribution in [0.1, 0.15) is 16.8 Å². The van der Waals surface area contributed by atoms with E-state index in [9.17, 15) is 4.79 Å². The van der Waals surface area contributed by atoms with Crippen molar-refractivity contribution < 1.29 is 9.53 Å². The number of aromatic nitrogens is 1. The number of amides is 1. The van der Waals surface area contributed by atoms with Gasteiger partial charge in [-0.1, -0.05) is 12.1 Å². The third-order valence-corrected chi connectivity index (χ3v) is 3.72. The lowest BCUT2D eigenvalue weighted by Crippen LogP contribution is -2.34. The molecule has 1 aromatic carbocycles. The number of benzene rings is 1. The standard InChI is InChI=1S/C15H15ClN2O2/c1-18-9-11(6-7-16)20-14-12(15(18)19)5-4-10-3-2-8-17-13(10)14/h2-5,8,11H,6-7,9H2,1H3. The second-order valence-electron chi connectivity index (χ2n) is 4.92. The topological polar surface area (TPSA) is 42.4 Å². The van der Waals surface area contributed by atoms with Gasteiger partial charge in [0.2, 0.25) is 0 Å². The van der Waals surface area contributed by atoms with Crippen molar-refractivity contribution in [3.8, 4) is 5.75 Å². The maximum Gasteiger partial charge on any atom is 0.257 e. The minimum absolute atomic E-state index is 0.0374. The highest BCUT2D eigenvalue weighted by molar-refractivity contribution is 6.17. The van der Waals surface area contributed by atoms with E-state index in [1.54, 1.807) is 24.2 Å². The number of alkyl halides is 1. The van der Waals surface area contributed by atoms with E-state index in [1.807, 2.05) is 18.2 Å². The Morgan fingerprint density at radius 2 is 2.30 bits per heavy atom. The molecular formula is C15H15ClN2O2.